The third-order valence-electron chi connectivity index (χ3n) is 3.78. The van der Waals surface area contributed by atoms with E-state index >= 15 is 0 Å². The van der Waals surface area contributed by atoms with Crippen molar-refractivity contribution in [2.45, 2.75) is 43.8 Å². The molecule has 0 aromatic heterocycles. The van der Waals surface area contributed by atoms with Crippen molar-refractivity contribution in [3.8, 4) is 0 Å². The van der Waals surface area contributed by atoms with Gasteiger partial charge in [0.2, 0.25) is 0 Å². The van der Waals surface area contributed by atoms with E-state index in [9.17, 15) is 8.78 Å². The van der Waals surface area contributed by atoms with Gasteiger partial charge < -0.3 is 10.6 Å². The summed E-state index contributed by atoms with van der Waals surface area (Å²) in [7, 11) is 0. The standard InChI is InChI=1S/C13H16F2N2/c14-11-2-1-3-12(13(11)15)17-10-6-8-4-5-9(7-10)16-8/h1-3,8-10,16-17H,4-7H2. The summed E-state index contributed by atoms with van der Waals surface area (Å²) in [5.74, 6) is -1.55. The Morgan fingerprint density at radius 1 is 1.12 bits per heavy atom. The quantitative estimate of drug-likeness (QED) is 0.827. The molecule has 2 atom stereocenters. The van der Waals surface area contributed by atoms with E-state index in [4.69, 9.17) is 0 Å². The molecule has 1 aromatic rings. The minimum atomic E-state index is -0.785. The molecule has 0 amide bonds. The van der Waals surface area contributed by atoms with Gasteiger partial charge >= 0.3 is 0 Å². The highest BCUT2D eigenvalue weighted by atomic mass is 19.2. The largest absolute Gasteiger partial charge is 0.380 e. The molecule has 0 saturated carbocycles. The lowest BCUT2D eigenvalue weighted by molar-refractivity contribution is 0.377. The van der Waals surface area contributed by atoms with Gasteiger partial charge in [0, 0.05) is 18.1 Å². The summed E-state index contributed by atoms with van der Waals surface area (Å²) in [6.07, 6.45) is 4.39. The van der Waals surface area contributed by atoms with Gasteiger partial charge in [-0.2, -0.15) is 0 Å². The van der Waals surface area contributed by atoms with E-state index in [2.05, 4.69) is 10.6 Å². The van der Waals surface area contributed by atoms with E-state index in [1.807, 2.05) is 0 Å². The number of hydrogen-bond acceptors (Lipinski definition) is 2. The molecule has 2 saturated heterocycles. The normalized spacial score (nSPS) is 31.5. The van der Waals surface area contributed by atoms with Crippen LogP contribution in [-0.2, 0) is 0 Å². The molecule has 2 aliphatic heterocycles. The minimum Gasteiger partial charge on any atom is -0.380 e. The molecular formula is C13H16F2N2. The number of rotatable bonds is 2. The highest BCUT2D eigenvalue weighted by molar-refractivity contribution is 5.46. The molecule has 2 N–H and O–H groups in total. The SMILES string of the molecule is Fc1cccc(NC2CC3CCC(C2)N3)c1F. The van der Waals surface area contributed by atoms with Gasteiger partial charge in [-0.1, -0.05) is 6.07 Å². The molecule has 4 heteroatoms. The van der Waals surface area contributed by atoms with Crippen LogP contribution in [0, 0.1) is 11.6 Å². The number of hydrogen-bond donors (Lipinski definition) is 2. The molecule has 2 unspecified atom stereocenters. The fourth-order valence-corrected chi connectivity index (χ4v) is 3.01. The van der Waals surface area contributed by atoms with Gasteiger partial charge in [-0.3, -0.25) is 0 Å². The van der Waals surface area contributed by atoms with E-state index in [1.54, 1.807) is 6.07 Å². The van der Waals surface area contributed by atoms with E-state index < -0.39 is 11.6 Å². The Balaban J connectivity index is 1.72. The van der Waals surface area contributed by atoms with Gasteiger partial charge in [-0.15, -0.1) is 0 Å². The van der Waals surface area contributed by atoms with Crippen molar-refractivity contribution in [1.29, 1.82) is 0 Å². The van der Waals surface area contributed by atoms with Crippen molar-refractivity contribution in [1.82, 2.24) is 5.32 Å². The first kappa shape index (κ1) is 11.0. The number of benzene rings is 1. The molecule has 17 heavy (non-hydrogen) atoms. The summed E-state index contributed by atoms with van der Waals surface area (Å²) in [5, 5.41) is 6.66. The molecule has 2 bridgehead atoms. The van der Waals surface area contributed by atoms with Crippen molar-refractivity contribution < 1.29 is 8.78 Å². The van der Waals surface area contributed by atoms with Crippen molar-refractivity contribution in [2.24, 2.45) is 0 Å². The van der Waals surface area contributed by atoms with Crippen LogP contribution in [0.3, 0.4) is 0 Å². The lowest BCUT2D eigenvalue weighted by Gasteiger charge is -2.30. The first-order chi connectivity index (χ1) is 8.22. The number of halogens is 2. The van der Waals surface area contributed by atoms with Gasteiger partial charge in [0.1, 0.15) is 0 Å². The third-order valence-corrected chi connectivity index (χ3v) is 3.78. The fraction of sp³-hybridized carbons (Fsp3) is 0.538. The van der Waals surface area contributed by atoms with Crippen LogP contribution in [0.1, 0.15) is 25.7 Å². The van der Waals surface area contributed by atoms with Crippen LogP contribution in [0.25, 0.3) is 0 Å². The number of nitrogens with one attached hydrogen (secondary N) is 2. The highest BCUT2D eigenvalue weighted by Gasteiger charge is 2.33. The van der Waals surface area contributed by atoms with Gasteiger partial charge in [-0.25, -0.2) is 8.78 Å². The molecule has 3 rings (SSSR count). The lowest BCUT2D eigenvalue weighted by Crippen LogP contribution is -2.43. The second-order valence-electron chi connectivity index (χ2n) is 5.05. The maximum Gasteiger partial charge on any atom is 0.181 e. The topological polar surface area (TPSA) is 24.1 Å². The second kappa shape index (κ2) is 4.26. The molecule has 2 nitrogen and oxygen atoms in total. The zero-order valence-corrected chi connectivity index (χ0v) is 9.55. The molecule has 2 heterocycles. The van der Waals surface area contributed by atoms with Gasteiger partial charge in [0.25, 0.3) is 0 Å². The van der Waals surface area contributed by atoms with Crippen LogP contribution in [0.15, 0.2) is 18.2 Å². The number of fused-ring (bicyclic) bond motifs is 2. The molecule has 92 valence electrons. The maximum atomic E-state index is 13.5. The first-order valence-corrected chi connectivity index (χ1v) is 6.19. The molecule has 1 aromatic carbocycles. The first-order valence-electron chi connectivity index (χ1n) is 6.19. The molecular weight excluding hydrogens is 222 g/mol. The predicted octanol–water partition coefficient (Wildman–Crippen LogP) is 2.66. The van der Waals surface area contributed by atoms with Crippen molar-refractivity contribution >= 4 is 5.69 Å². The Bertz CT molecular complexity index is 410. The number of anilines is 1. The van der Waals surface area contributed by atoms with Crippen LogP contribution in [0.5, 0.6) is 0 Å². The molecule has 2 aliphatic rings. The third kappa shape index (κ3) is 2.14. The zero-order valence-electron chi connectivity index (χ0n) is 9.55. The average molecular weight is 238 g/mol. The Morgan fingerprint density at radius 2 is 1.82 bits per heavy atom. The van der Waals surface area contributed by atoms with Gasteiger partial charge in [-0.05, 0) is 37.8 Å². The average Bonchev–Trinajstić information content (AvgIpc) is 2.65. The van der Waals surface area contributed by atoms with E-state index in [0.717, 1.165) is 18.9 Å². The van der Waals surface area contributed by atoms with Crippen LogP contribution in [-0.4, -0.2) is 18.1 Å². The molecule has 0 radical (unpaired) electrons. The van der Waals surface area contributed by atoms with Crippen molar-refractivity contribution in [3.63, 3.8) is 0 Å². The monoisotopic (exact) mass is 238 g/mol. The Hall–Kier alpha value is -1.16. The summed E-state index contributed by atoms with van der Waals surface area (Å²) in [5.41, 5.74) is 0.288. The van der Waals surface area contributed by atoms with E-state index in [1.165, 1.54) is 18.9 Å². The summed E-state index contributed by atoms with van der Waals surface area (Å²) >= 11 is 0. The molecule has 0 spiro atoms. The van der Waals surface area contributed by atoms with Gasteiger partial charge in [0.15, 0.2) is 11.6 Å². The van der Waals surface area contributed by atoms with E-state index in [-0.39, 0.29) is 11.7 Å². The lowest BCUT2D eigenvalue weighted by atomic mass is 9.99. The van der Waals surface area contributed by atoms with Gasteiger partial charge in [0.05, 0.1) is 5.69 Å². The number of piperidine rings is 1. The predicted molar refractivity (Wildman–Crippen MR) is 62.9 cm³/mol. The summed E-state index contributed by atoms with van der Waals surface area (Å²) in [4.78, 5) is 0. The minimum absolute atomic E-state index is 0.255. The maximum absolute atomic E-state index is 13.5. The summed E-state index contributed by atoms with van der Waals surface area (Å²) in [6.45, 7) is 0. The molecule has 2 fully saturated rings. The van der Waals surface area contributed by atoms with Crippen LogP contribution >= 0.6 is 0 Å². The van der Waals surface area contributed by atoms with E-state index in [0.29, 0.717) is 12.1 Å². The van der Waals surface area contributed by atoms with Crippen LogP contribution in [0.4, 0.5) is 14.5 Å². The van der Waals surface area contributed by atoms with Crippen LogP contribution in [0.2, 0.25) is 0 Å². The highest BCUT2D eigenvalue weighted by Crippen LogP contribution is 2.29. The molecule has 0 aliphatic carbocycles. The summed E-state index contributed by atoms with van der Waals surface area (Å²) in [6, 6.07) is 5.63. The Labute approximate surface area is 99.4 Å². The van der Waals surface area contributed by atoms with Crippen molar-refractivity contribution in [3.05, 3.63) is 29.8 Å². The Kier molecular flexibility index (Phi) is 2.74. The smallest absolute Gasteiger partial charge is 0.181 e. The second-order valence-corrected chi connectivity index (χ2v) is 5.05. The summed E-state index contributed by atoms with van der Waals surface area (Å²) < 4.78 is 26.6. The van der Waals surface area contributed by atoms with Crippen LogP contribution < -0.4 is 10.6 Å². The fourth-order valence-electron chi connectivity index (χ4n) is 3.01. The van der Waals surface area contributed by atoms with Crippen molar-refractivity contribution in [2.75, 3.05) is 5.32 Å². The zero-order chi connectivity index (χ0) is 11.8. The Morgan fingerprint density at radius 3 is 2.53 bits per heavy atom.